The highest BCUT2D eigenvalue weighted by atomic mass is 16.5. The van der Waals surface area contributed by atoms with Crippen LogP contribution >= 0.6 is 0 Å². The monoisotopic (exact) mass is 300 g/mol. The number of rotatable bonds is 6. The Morgan fingerprint density at radius 1 is 1.36 bits per heavy atom. The Hall–Kier alpha value is -2.21. The van der Waals surface area contributed by atoms with Gasteiger partial charge in [0.05, 0.1) is 13.7 Å². The topological polar surface area (TPSA) is 69.0 Å². The number of hydrogen-bond acceptors (Lipinski definition) is 5. The number of aromatic nitrogens is 3. The van der Waals surface area contributed by atoms with Gasteiger partial charge in [0.25, 0.3) is 0 Å². The van der Waals surface area contributed by atoms with Gasteiger partial charge < -0.3 is 9.30 Å². The molecule has 22 heavy (non-hydrogen) atoms. The van der Waals surface area contributed by atoms with Crippen molar-refractivity contribution in [3.8, 4) is 0 Å². The van der Waals surface area contributed by atoms with Crippen molar-refractivity contribution in [2.75, 3.05) is 7.11 Å². The van der Waals surface area contributed by atoms with Crippen molar-refractivity contribution in [2.24, 2.45) is 7.05 Å². The van der Waals surface area contributed by atoms with Crippen LogP contribution in [0.2, 0.25) is 0 Å². The van der Waals surface area contributed by atoms with Crippen LogP contribution in [0.1, 0.15) is 42.0 Å². The zero-order valence-electron chi connectivity index (χ0n) is 12.8. The fourth-order valence-corrected chi connectivity index (χ4v) is 2.52. The molecular weight excluding hydrogens is 280 g/mol. The van der Waals surface area contributed by atoms with Crippen molar-refractivity contribution >= 4 is 5.97 Å². The lowest BCUT2D eigenvalue weighted by Crippen LogP contribution is -2.30. The Bertz CT molecular complexity index is 649. The molecule has 0 saturated heterocycles. The van der Waals surface area contributed by atoms with Gasteiger partial charge in [0.1, 0.15) is 17.7 Å². The van der Waals surface area contributed by atoms with E-state index in [4.69, 9.17) is 4.74 Å². The fraction of sp³-hybridized carbons (Fsp3) is 0.438. The minimum Gasteiger partial charge on any atom is -0.468 e. The molecule has 1 aliphatic carbocycles. The van der Waals surface area contributed by atoms with E-state index in [9.17, 15) is 4.79 Å². The summed E-state index contributed by atoms with van der Waals surface area (Å²) >= 11 is 0. The number of hydrogen-bond donors (Lipinski definition) is 1. The van der Waals surface area contributed by atoms with E-state index in [0.717, 1.165) is 17.2 Å². The van der Waals surface area contributed by atoms with Crippen LogP contribution in [0.25, 0.3) is 0 Å². The molecule has 0 unspecified atom stereocenters. The molecule has 6 heteroatoms. The van der Waals surface area contributed by atoms with Gasteiger partial charge in [0.15, 0.2) is 0 Å². The molecule has 0 bridgehead atoms. The van der Waals surface area contributed by atoms with Crippen molar-refractivity contribution in [2.45, 2.75) is 31.3 Å². The number of esters is 1. The van der Waals surface area contributed by atoms with E-state index in [-0.39, 0.29) is 5.97 Å². The third-order valence-corrected chi connectivity index (χ3v) is 3.98. The number of carbonyl (C=O) groups is 1. The van der Waals surface area contributed by atoms with Gasteiger partial charge in [-0.1, -0.05) is 30.3 Å². The van der Waals surface area contributed by atoms with Crippen molar-refractivity contribution in [3.05, 3.63) is 47.5 Å². The van der Waals surface area contributed by atoms with Crippen LogP contribution < -0.4 is 5.32 Å². The Kier molecular flexibility index (Phi) is 4.20. The van der Waals surface area contributed by atoms with Crippen LogP contribution in [0.5, 0.6) is 0 Å². The third-order valence-electron chi connectivity index (χ3n) is 3.98. The van der Waals surface area contributed by atoms with Crippen LogP contribution in [-0.4, -0.2) is 27.8 Å². The number of nitrogens with one attached hydrogen (secondary N) is 1. The van der Waals surface area contributed by atoms with E-state index in [1.807, 2.05) is 41.9 Å². The number of methoxy groups -OCH3 is 1. The normalized spacial score (nSPS) is 15.5. The van der Waals surface area contributed by atoms with Gasteiger partial charge in [0.2, 0.25) is 0 Å². The summed E-state index contributed by atoms with van der Waals surface area (Å²) in [6.07, 6.45) is 2.38. The van der Waals surface area contributed by atoms with Gasteiger partial charge in [-0.25, -0.2) is 4.79 Å². The predicted molar refractivity (Wildman–Crippen MR) is 81.0 cm³/mol. The van der Waals surface area contributed by atoms with Gasteiger partial charge in [-0.2, -0.15) is 0 Å². The highest BCUT2D eigenvalue weighted by Crippen LogP contribution is 2.38. The molecule has 1 aliphatic rings. The summed E-state index contributed by atoms with van der Waals surface area (Å²) < 4.78 is 6.91. The standard InChI is InChI=1S/C16H20N4O2/c1-20-13(18-19-15(20)12-8-9-12)10-17-14(16(21)22-2)11-6-4-3-5-7-11/h3-7,12,14,17H,8-10H2,1-2H3/t14-/m0/s1. The molecule has 0 aliphatic heterocycles. The molecule has 1 fully saturated rings. The van der Waals surface area contributed by atoms with E-state index in [0.29, 0.717) is 12.5 Å². The number of nitrogens with zero attached hydrogens (tertiary/aromatic N) is 3. The summed E-state index contributed by atoms with van der Waals surface area (Å²) in [6.45, 7) is 0.463. The van der Waals surface area contributed by atoms with Gasteiger partial charge in [-0.3, -0.25) is 5.32 Å². The maximum Gasteiger partial charge on any atom is 0.327 e. The largest absolute Gasteiger partial charge is 0.468 e. The first-order chi connectivity index (χ1) is 10.7. The molecule has 0 amide bonds. The molecule has 0 spiro atoms. The van der Waals surface area contributed by atoms with Gasteiger partial charge in [-0.05, 0) is 18.4 Å². The Morgan fingerprint density at radius 3 is 2.73 bits per heavy atom. The van der Waals surface area contributed by atoms with E-state index in [1.54, 1.807) is 0 Å². The summed E-state index contributed by atoms with van der Waals surface area (Å²) in [6, 6.07) is 9.03. The Balaban J connectivity index is 1.73. The van der Waals surface area contributed by atoms with Crippen molar-refractivity contribution in [1.29, 1.82) is 0 Å². The first-order valence-electron chi connectivity index (χ1n) is 7.45. The first kappa shape index (κ1) is 14.7. The molecule has 116 valence electrons. The SMILES string of the molecule is COC(=O)[C@@H](NCc1nnc(C2CC2)n1C)c1ccccc1. The van der Waals surface area contributed by atoms with Crippen molar-refractivity contribution in [1.82, 2.24) is 20.1 Å². The fourth-order valence-electron chi connectivity index (χ4n) is 2.52. The lowest BCUT2D eigenvalue weighted by atomic mass is 10.1. The van der Waals surface area contributed by atoms with E-state index in [1.165, 1.54) is 20.0 Å². The molecule has 6 nitrogen and oxygen atoms in total. The maximum atomic E-state index is 12.0. The number of ether oxygens (including phenoxy) is 1. The maximum absolute atomic E-state index is 12.0. The lowest BCUT2D eigenvalue weighted by Gasteiger charge is -2.16. The molecule has 2 aromatic rings. The second-order valence-electron chi connectivity index (χ2n) is 5.56. The summed E-state index contributed by atoms with van der Waals surface area (Å²) in [7, 11) is 3.37. The molecule has 0 radical (unpaired) electrons. The summed E-state index contributed by atoms with van der Waals surface area (Å²) in [5.41, 5.74) is 0.874. The zero-order chi connectivity index (χ0) is 15.5. The van der Waals surface area contributed by atoms with Crippen LogP contribution in [0.4, 0.5) is 0 Å². The van der Waals surface area contributed by atoms with Crippen LogP contribution in [-0.2, 0) is 23.1 Å². The van der Waals surface area contributed by atoms with Crippen molar-refractivity contribution < 1.29 is 9.53 Å². The smallest absolute Gasteiger partial charge is 0.327 e. The van der Waals surface area contributed by atoms with Crippen LogP contribution in [0, 0.1) is 0 Å². The quantitative estimate of drug-likeness (QED) is 0.822. The molecule has 3 rings (SSSR count). The minimum atomic E-state index is -0.507. The van der Waals surface area contributed by atoms with E-state index < -0.39 is 6.04 Å². The Morgan fingerprint density at radius 2 is 2.09 bits per heavy atom. The zero-order valence-corrected chi connectivity index (χ0v) is 12.8. The van der Waals surface area contributed by atoms with Gasteiger partial charge in [0, 0.05) is 13.0 Å². The van der Waals surface area contributed by atoms with Crippen LogP contribution in [0.3, 0.4) is 0 Å². The molecular formula is C16H20N4O2. The van der Waals surface area contributed by atoms with Gasteiger partial charge in [-0.15, -0.1) is 10.2 Å². The molecule has 1 atom stereocenters. The predicted octanol–water partition coefficient (Wildman–Crippen LogP) is 1.70. The second-order valence-corrected chi connectivity index (χ2v) is 5.56. The third kappa shape index (κ3) is 3.01. The number of carbonyl (C=O) groups excluding carboxylic acids is 1. The highest BCUT2D eigenvalue weighted by molar-refractivity contribution is 5.77. The summed E-state index contributed by atoms with van der Waals surface area (Å²) in [5, 5.41) is 11.7. The minimum absolute atomic E-state index is 0.309. The first-order valence-corrected chi connectivity index (χ1v) is 7.45. The second kappa shape index (κ2) is 6.27. The van der Waals surface area contributed by atoms with Gasteiger partial charge >= 0.3 is 5.97 Å². The summed E-state index contributed by atoms with van der Waals surface area (Å²) in [4.78, 5) is 12.0. The molecule has 1 N–H and O–H groups in total. The summed E-state index contributed by atoms with van der Waals surface area (Å²) in [5.74, 6) is 2.10. The lowest BCUT2D eigenvalue weighted by molar-refractivity contribution is -0.143. The average molecular weight is 300 g/mol. The molecule has 1 aromatic heterocycles. The van der Waals surface area contributed by atoms with E-state index >= 15 is 0 Å². The highest BCUT2D eigenvalue weighted by Gasteiger charge is 2.29. The Labute approximate surface area is 129 Å². The van der Waals surface area contributed by atoms with Crippen molar-refractivity contribution in [3.63, 3.8) is 0 Å². The molecule has 1 saturated carbocycles. The molecule has 1 aromatic carbocycles. The van der Waals surface area contributed by atoms with E-state index in [2.05, 4.69) is 15.5 Å². The average Bonchev–Trinajstić information content (AvgIpc) is 3.33. The molecule has 1 heterocycles. The van der Waals surface area contributed by atoms with Crippen LogP contribution in [0.15, 0.2) is 30.3 Å². The number of benzene rings is 1.